The molecule has 3 N–H and O–H groups in total. The molecule has 0 bridgehead atoms. The molecule has 2 atom stereocenters. The lowest BCUT2D eigenvalue weighted by molar-refractivity contribution is -0.124. The van der Waals surface area contributed by atoms with Crippen LogP contribution in [0.5, 0.6) is 0 Å². The maximum atomic E-state index is 12.8. The molecular weight excluding hydrogens is 372 g/mol. The molecule has 1 heterocycles. The normalized spacial score (nSPS) is 16.2. The Labute approximate surface area is 172 Å². The van der Waals surface area contributed by atoms with Crippen LogP contribution in [0.25, 0.3) is 0 Å². The van der Waals surface area contributed by atoms with Crippen molar-refractivity contribution in [1.29, 1.82) is 5.41 Å². The smallest absolute Gasteiger partial charge is 0.318 e. The van der Waals surface area contributed by atoms with E-state index in [-0.39, 0.29) is 24.5 Å². The van der Waals surface area contributed by atoms with Crippen molar-refractivity contribution < 1.29 is 19.1 Å². The number of hydrogen-bond acceptors (Lipinski definition) is 5. The van der Waals surface area contributed by atoms with Crippen molar-refractivity contribution >= 4 is 18.2 Å². The molecule has 1 aromatic carbocycles. The summed E-state index contributed by atoms with van der Waals surface area (Å²) < 4.78 is 10.9. The molecule has 1 aliphatic heterocycles. The van der Waals surface area contributed by atoms with Crippen molar-refractivity contribution in [1.82, 2.24) is 15.5 Å². The second-order valence-corrected chi connectivity index (χ2v) is 7.51. The molecule has 1 saturated heterocycles. The first-order valence-electron chi connectivity index (χ1n) is 10.1. The van der Waals surface area contributed by atoms with Crippen molar-refractivity contribution in [2.45, 2.75) is 39.0 Å². The van der Waals surface area contributed by atoms with Crippen LogP contribution in [-0.4, -0.2) is 68.0 Å². The third-order valence-electron chi connectivity index (χ3n) is 4.56. The minimum atomic E-state index is -0.665. The highest BCUT2D eigenvalue weighted by Crippen LogP contribution is 2.07. The van der Waals surface area contributed by atoms with E-state index in [0.29, 0.717) is 39.3 Å². The Morgan fingerprint density at radius 2 is 1.90 bits per heavy atom. The zero-order valence-corrected chi connectivity index (χ0v) is 17.2. The second-order valence-electron chi connectivity index (χ2n) is 7.51. The highest BCUT2D eigenvalue weighted by molar-refractivity contribution is 5.88. The van der Waals surface area contributed by atoms with E-state index in [1.54, 1.807) is 4.90 Å². The average Bonchev–Trinajstić information content (AvgIpc) is 2.73. The van der Waals surface area contributed by atoms with Crippen molar-refractivity contribution in [3.05, 3.63) is 35.9 Å². The summed E-state index contributed by atoms with van der Waals surface area (Å²) in [6.45, 7) is 6.62. The molecule has 0 saturated carbocycles. The molecular formula is C21H32N4O4. The van der Waals surface area contributed by atoms with Crippen molar-refractivity contribution in [3.63, 3.8) is 0 Å². The van der Waals surface area contributed by atoms with E-state index in [1.165, 1.54) is 0 Å². The lowest BCUT2D eigenvalue weighted by atomic mass is 10.0. The number of nitrogens with one attached hydrogen (secondary N) is 3. The fourth-order valence-corrected chi connectivity index (χ4v) is 3.00. The third kappa shape index (κ3) is 8.21. The molecule has 29 heavy (non-hydrogen) atoms. The molecule has 0 unspecified atom stereocenters. The van der Waals surface area contributed by atoms with E-state index < -0.39 is 12.1 Å². The maximum Gasteiger partial charge on any atom is 0.318 e. The van der Waals surface area contributed by atoms with Gasteiger partial charge in [0.2, 0.25) is 5.91 Å². The zero-order chi connectivity index (χ0) is 21.1. The quantitative estimate of drug-likeness (QED) is 0.517. The molecule has 1 aliphatic rings. The predicted octanol–water partition coefficient (Wildman–Crippen LogP) is 1.79. The van der Waals surface area contributed by atoms with Crippen LogP contribution in [-0.2, 0) is 20.9 Å². The highest BCUT2D eigenvalue weighted by atomic mass is 16.5. The summed E-state index contributed by atoms with van der Waals surface area (Å²) in [5, 5.41) is 13.2. The van der Waals surface area contributed by atoms with E-state index in [1.807, 2.05) is 44.2 Å². The van der Waals surface area contributed by atoms with Gasteiger partial charge in [-0.3, -0.25) is 4.79 Å². The van der Waals surface area contributed by atoms with Crippen LogP contribution in [0.15, 0.2) is 30.3 Å². The molecule has 0 aliphatic carbocycles. The maximum absolute atomic E-state index is 12.8. The van der Waals surface area contributed by atoms with Gasteiger partial charge in [0.15, 0.2) is 0 Å². The lowest BCUT2D eigenvalue weighted by Gasteiger charge is -2.30. The molecule has 8 nitrogen and oxygen atoms in total. The Bertz CT molecular complexity index is 647. The van der Waals surface area contributed by atoms with Crippen LogP contribution in [0.3, 0.4) is 0 Å². The topological polar surface area (TPSA) is 104 Å². The number of carbonyl (C=O) groups is 2. The van der Waals surface area contributed by atoms with Crippen LogP contribution < -0.4 is 10.6 Å². The number of morpholine rings is 1. The fourth-order valence-electron chi connectivity index (χ4n) is 3.00. The van der Waals surface area contributed by atoms with Crippen LogP contribution in [0.1, 0.15) is 25.8 Å². The first kappa shape index (κ1) is 22.8. The van der Waals surface area contributed by atoms with Gasteiger partial charge in [0.25, 0.3) is 0 Å². The fraction of sp³-hybridized carbons (Fsp3) is 0.571. The summed E-state index contributed by atoms with van der Waals surface area (Å²) in [4.78, 5) is 26.9. The van der Waals surface area contributed by atoms with Gasteiger partial charge in [-0.25, -0.2) is 4.79 Å². The Kier molecular flexibility index (Phi) is 9.59. The summed E-state index contributed by atoms with van der Waals surface area (Å²) >= 11 is 0. The van der Waals surface area contributed by atoms with Crippen molar-refractivity contribution in [2.24, 2.45) is 5.92 Å². The summed E-state index contributed by atoms with van der Waals surface area (Å²) in [5.74, 6) is -0.0828. The summed E-state index contributed by atoms with van der Waals surface area (Å²) in [6.07, 6.45) is 1.66. The minimum absolute atomic E-state index is 0.190. The average molecular weight is 405 g/mol. The number of ether oxygens (including phenoxy) is 2. The first-order valence-corrected chi connectivity index (χ1v) is 10.1. The van der Waals surface area contributed by atoms with E-state index >= 15 is 0 Å². The van der Waals surface area contributed by atoms with Gasteiger partial charge in [0, 0.05) is 19.3 Å². The Morgan fingerprint density at radius 3 is 2.52 bits per heavy atom. The van der Waals surface area contributed by atoms with Crippen LogP contribution in [0, 0.1) is 11.3 Å². The van der Waals surface area contributed by atoms with Crippen molar-refractivity contribution in [3.8, 4) is 0 Å². The standard InChI is InChI=1S/C21H32N4O4/c1-16(2)12-19(24-21(27)25-8-10-28-11-9-25)20(26)23-18(13-22)15-29-14-17-6-4-3-5-7-17/h3-7,13,16,18-19,22H,8-12,14-15H2,1-2H3,(H,23,26)(H,24,27)/t18-,19+/m1/s1. The number of benzene rings is 1. The molecule has 0 spiro atoms. The van der Waals surface area contributed by atoms with Gasteiger partial charge >= 0.3 is 6.03 Å². The number of nitrogens with zero attached hydrogens (tertiary/aromatic N) is 1. The van der Waals surface area contributed by atoms with Gasteiger partial charge in [-0.1, -0.05) is 44.2 Å². The third-order valence-corrected chi connectivity index (χ3v) is 4.56. The summed E-state index contributed by atoms with van der Waals surface area (Å²) in [6, 6.07) is 8.23. The SMILES string of the molecule is CC(C)C[C@H](NC(=O)N1CCOCC1)C(=O)N[C@H](C=N)COCc1ccccc1. The molecule has 0 radical (unpaired) electrons. The van der Waals surface area contributed by atoms with Gasteiger partial charge in [-0.05, 0) is 17.9 Å². The summed E-state index contributed by atoms with van der Waals surface area (Å²) in [5.41, 5.74) is 1.03. The number of hydrogen-bond donors (Lipinski definition) is 3. The zero-order valence-electron chi connectivity index (χ0n) is 17.2. The molecule has 160 valence electrons. The van der Waals surface area contributed by atoms with Gasteiger partial charge in [0.05, 0.1) is 32.5 Å². The number of carbonyl (C=O) groups excluding carboxylic acids is 2. The molecule has 3 amide bonds. The predicted molar refractivity (Wildman–Crippen MR) is 111 cm³/mol. The first-order chi connectivity index (χ1) is 14.0. The largest absolute Gasteiger partial charge is 0.378 e. The molecule has 0 aromatic heterocycles. The number of urea groups is 1. The highest BCUT2D eigenvalue weighted by Gasteiger charge is 2.26. The molecule has 8 heteroatoms. The molecule has 2 rings (SSSR count). The molecule has 1 aromatic rings. The number of rotatable bonds is 10. The Morgan fingerprint density at radius 1 is 1.21 bits per heavy atom. The minimum Gasteiger partial charge on any atom is -0.378 e. The van der Waals surface area contributed by atoms with Gasteiger partial charge < -0.3 is 30.4 Å². The van der Waals surface area contributed by atoms with E-state index in [9.17, 15) is 9.59 Å². The Hall–Kier alpha value is -2.45. The van der Waals surface area contributed by atoms with Gasteiger partial charge in [0.1, 0.15) is 6.04 Å². The lowest BCUT2D eigenvalue weighted by Crippen LogP contribution is -2.55. The van der Waals surface area contributed by atoms with E-state index in [4.69, 9.17) is 14.9 Å². The monoisotopic (exact) mass is 404 g/mol. The van der Waals surface area contributed by atoms with E-state index in [2.05, 4.69) is 10.6 Å². The van der Waals surface area contributed by atoms with Crippen LogP contribution in [0.4, 0.5) is 4.79 Å². The van der Waals surface area contributed by atoms with Crippen molar-refractivity contribution in [2.75, 3.05) is 32.9 Å². The van der Waals surface area contributed by atoms with Crippen LogP contribution in [0.2, 0.25) is 0 Å². The van der Waals surface area contributed by atoms with Gasteiger partial charge in [-0.2, -0.15) is 0 Å². The molecule has 1 fully saturated rings. The second kappa shape index (κ2) is 12.2. The summed E-state index contributed by atoms with van der Waals surface area (Å²) in [7, 11) is 0. The number of amides is 3. The van der Waals surface area contributed by atoms with E-state index in [0.717, 1.165) is 11.8 Å². The van der Waals surface area contributed by atoms with Crippen LogP contribution >= 0.6 is 0 Å². The Balaban J connectivity index is 1.86. The van der Waals surface area contributed by atoms with Gasteiger partial charge in [-0.15, -0.1) is 0 Å².